The van der Waals surface area contributed by atoms with Crippen molar-refractivity contribution in [1.29, 1.82) is 0 Å². The fourth-order valence-electron chi connectivity index (χ4n) is 3.89. The molecule has 0 saturated heterocycles. The predicted octanol–water partition coefficient (Wildman–Crippen LogP) is 8.42. The van der Waals surface area contributed by atoms with Gasteiger partial charge in [-0.25, -0.2) is 4.31 Å². The van der Waals surface area contributed by atoms with Crippen molar-refractivity contribution in [2.45, 2.75) is 99.3 Å². The molecule has 43 heavy (non-hydrogen) atoms. The zero-order valence-electron chi connectivity index (χ0n) is 27.6. The number of hydrogen-bond acceptors (Lipinski definition) is 8. The summed E-state index contributed by atoms with van der Waals surface area (Å²) < 4.78 is 3.60. The van der Waals surface area contributed by atoms with Crippen LogP contribution < -0.4 is 0 Å². The summed E-state index contributed by atoms with van der Waals surface area (Å²) in [6.45, 7) is 24.8. The Kier molecular flexibility index (Phi) is 16.4. The molecule has 10 heteroatoms. The van der Waals surface area contributed by atoms with Crippen LogP contribution in [0.4, 0.5) is 0 Å². The number of rotatable bonds is 2. The van der Waals surface area contributed by atoms with Gasteiger partial charge in [0.2, 0.25) is 0 Å². The molecule has 3 rings (SSSR count). The Balaban J connectivity index is 0.000000558. The SMILES string of the molecule is Cc1ccc(C(C)(C)C)c(O)c1.Cc1ccc(C(C)(C)C)c(O)c1.Cc1ccc(C(C)(C)C)c(O)c1.OP(O)OP(O)O. The minimum Gasteiger partial charge on any atom is -0.508 e. The van der Waals surface area contributed by atoms with Gasteiger partial charge in [0.05, 0.1) is 0 Å². The smallest absolute Gasteiger partial charge is 0.334 e. The summed E-state index contributed by atoms with van der Waals surface area (Å²) >= 11 is 0. The van der Waals surface area contributed by atoms with Crippen LogP contribution in [0.1, 0.15) is 95.7 Å². The van der Waals surface area contributed by atoms with Gasteiger partial charge in [0.15, 0.2) is 0 Å². The van der Waals surface area contributed by atoms with E-state index in [0.29, 0.717) is 17.2 Å². The first kappa shape index (κ1) is 40.7. The molecule has 0 amide bonds. The van der Waals surface area contributed by atoms with Crippen LogP contribution in [0, 0.1) is 20.8 Å². The molecule has 0 bridgehead atoms. The number of phenols is 3. The molecule has 0 aromatic heterocycles. The van der Waals surface area contributed by atoms with Crippen molar-refractivity contribution < 1.29 is 39.2 Å². The van der Waals surface area contributed by atoms with Gasteiger partial charge in [0.1, 0.15) is 17.2 Å². The Morgan fingerprint density at radius 3 is 0.767 bits per heavy atom. The van der Waals surface area contributed by atoms with Crippen LogP contribution in [-0.2, 0) is 20.6 Å². The Hall–Kier alpha value is -2.28. The maximum atomic E-state index is 9.63. The van der Waals surface area contributed by atoms with Crippen LogP contribution in [-0.4, -0.2) is 34.9 Å². The second kappa shape index (κ2) is 17.3. The average Bonchev–Trinajstić information content (AvgIpc) is 2.76. The van der Waals surface area contributed by atoms with E-state index in [1.165, 1.54) is 0 Å². The lowest BCUT2D eigenvalue weighted by molar-refractivity contribution is 0.324. The Labute approximate surface area is 260 Å². The van der Waals surface area contributed by atoms with Gasteiger partial charge in [-0.15, -0.1) is 0 Å². The van der Waals surface area contributed by atoms with E-state index in [1.54, 1.807) is 18.2 Å². The molecular weight excluding hydrogens is 586 g/mol. The van der Waals surface area contributed by atoms with Crippen LogP contribution in [0.3, 0.4) is 0 Å². The van der Waals surface area contributed by atoms with Crippen LogP contribution in [0.5, 0.6) is 17.2 Å². The minimum absolute atomic E-state index is 0.0256. The number of phenolic OH excluding ortho intramolecular Hbond substituents is 3. The maximum absolute atomic E-state index is 9.63. The number of hydrogen-bond donors (Lipinski definition) is 7. The molecular formula is C33H52O8P2. The summed E-state index contributed by atoms with van der Waals surface area (Å²) in [5.74, 6) is 1.22. The lowest BCUT2D eigenvalue weighted by Gasteiger charge is -2.20. The molecule has 3 aromatic carbocycles. The molecule has 0 heterocycles. The number of benzene rings is 3. The molecule has 0 aliphatic rings. The molecule has 0 radical (unpaired) electrons. The van der Waals surface area contributed by atoms with E-state index in [2.05, 4.69) is 66.6 Å². The van der Waals surface area contributed by atoms with Crippen LogP contribution >= 0.6 is 17.2 Å². The van der Waals surface area contributed by atoms with Crippen molar-refractivity contribution in [3.8, 4) is 17.2 Å². The van der Waals surface area contributed by atoms with Crippen molar-refractivity contribution >= 4 is 17.2 Å². The minimum atomic E-state index is -2.61. The monoisotopic (exact) mass is 638 g/mol. The Morgan fingerprint density at radius 2 is 0.651 bits per heavy atom. The molecule has 8 nitrogen and oxygen atoms in total. The van der Waals surface area contributed by atoms with Gasteiger partial charge in [-0.1, -0.05) is 98.7 Å². The zero-order chi connectivity index (χ0) is 33.9. The van der Waals surface area contributed by atoms with E-state index in [4.69, 9.17) is 19.6 Å². The lowest BCUT2D eigenvalue weighted by Crippen LogP contribution is -2.11. The highest BCUT2D eigenvalue weighted by Crippen LogP contribution is 2.41. The summed E-state index contributed by atoms with van der Waals surface area (Å²) in [6.07, 6.45) is 0. The quantitative estimate of drug-likeness (QED) is 0.138. The number of aromatic hydroxyl groups is 3. The van der Waals surface area contributed by atoms with Gasteiger partial charge in [-0.2, -0.15) is 0 Å². The molecule has 0 fully saturated rings. The van der Waals surface area contributed by atoms with Crippen LogP contribution in [0.15, 0.2) is 54.6 Å². The summed E-state index contributed by atoms with van der Waals surface area (Å²) in [5.41, 5.74) is 6.39. The average molecular weight is 639 g/mol. The van der Waals surface area contributed by atoms with Gasteiger partial charge >= 0.3 is 17.2 Å². The second-order valence-electron chi connectivity index (χ2n) is 13.4. The van der Waals surface area contributed by atoms with E-state index in [9.17, 15) is 15.3 Å². The van der Waals surface area contributed by atoms with E-state index in [1.807, 2.05) is 57.2 Å². The molecule has 0 aliphatic carbocycles. The highest BCUT2D eigenvalue weighted by atomic mass is 31.2. The van der Waals surface area contributed by atoms with E-state index >= 15 is 0 Å². The second-order valence-corrected chi connectivity index (χ2v) is 15.1. The molecule has 0 saturated carbocycles. The Morgan fingerprint density at radius 1 is 0.442 bits per heavy atom. The molecule has 0 unspecified atom stereocenters. The summed E-state index contributed by atoms with van der Waals surface area (Å²) in [6, 6.07) is 17.5. The standard InChI is InChI=1S/3C11H16O.H4O5P2/c3*1-8-5-6-9(10(12)7-8)11(2,3)4;1-6(2)5-7(3)4/h3*5-7,12H,1-4H3;1-4H. The highest BCUT2D eigenvalue weighted by Gasteiger charge is 2.19. The normalized spacial score (nSPS) is 11.6. The van der Waals surface area contributed by atoms with Crippen molar-refractivity contribution in [3.05, 3.63) is 88.0 Å². The van der Waals surface area contributed by atoms with Crippen molar-refractivity contribution in [1.82, 2.24) is 0 Å². The molecule has 0 atom stereocenters. The van der Waals surface area contributed by atoms with Crippen molar-refractivity contribution in [2.75, 3.05) is 0 Å². The molecule has 242 valence electrons. The van der Waals surface area contributed by atoms with Gasteiger partial charge in [0, 0.05) is 0 Å². The third-order valence-corrected chi connectivity index (χ3v) is 7.20. The maximum Gasteiger partial charge on any atom is 0.334 e. The first-order chi connectivity index (χ1) is 19.4. The first-order valence-corrected chi connectivity index (χ1v) is 16.1. The van der Waals surface area contributed by atoms with Gasteiger partial charge in [-0.05, 0) is 88.6 Å². The molecule has 7 N–H and O–H groups in total. The van der Waals surface area contributed by atoms with Crippen molar-refractivity contribution in [3.63, 3.8) is 0 Å². The van der Waals surface area contributed by atoms with Gasteiger partial charge in [-0.3, -0.25) is 0 Å². The summed E-state index contributed by atoms with van der Waals surface area (Å²) in [4.78, 5) is 31.3. The first-order valence-electron chi connectivity index (χ1n) is 13.8. The van der Waals surface area contributed by atoms with Gasteiger partial charge in [0.25, 0.3) is 0 Å². The third kappa shape index (κ3) is 16.4. The molecule has 0 aliphatic heterocycles. The fraction of sp³-hybridized carbons (Fsp3) is 0.455. The summed E-state index contributed by atoms with van der Waals surface area (Å²) in [7, 11) is -5.22. The van der Waals surface area contributed by atoms with Gasteiger partial charge < -0.3 is 34.9 Å². The highest BCUT2D eigenvalue weighted by molar-refractivity contribution is 7.53. The molecule has 3 aromatic rings. The van der Waals surface area contributed by atoms with Crippen molar-refractivity contribution in [2.24, 2.45) is 0 Å². The fourth-order valence-corrected chi connectivity index (χ4v) is 4.42. The third-order valence-electron chi connectivity index (χ3n) is 6.03. The van der Waals surface area contributed by atoms with Crippen LogP contribution in [0.25, 0.3) is 0 Å². The number of aryl methyl sites for hydroxylation is 3. The van der Waals surface area contributed by atoms with E-state index in [0.717, 1.165) is 33.4 Å². The zero-order valence-corrected chi connectivity index (χ0v) is 29.4. The lowest BCUT2D eigenvalue weighted by atomic mass is 9.86. The van der Waals surface area contributed by atoms with E-state index < -0.39 is 17.2 Å². The molecule has 0 spiro atoms. The topological polar surface area (TPSA) is 151 Å². The predicted molar refractivity (Wildman–Crippen MR) is 178 cm³/mol. The largest absolute Gasteiger partial charge is 0.508 e. The Bertz CT molecular complexity index is 1120. The van der Waals surface area contributed by atoms with Crippen LogP contribution in [0.2, 0.25) is 0 Å². The summed E-state index contributed by atoms with van der Waals surface area (Å²) in [5, 5.41) is 28.9. The van der Waals surface area contributed by atoms with E-state index in [-0.39, 0.29) is 16.2 Å².